The lowest BCUT2D eigenvalue weighted by atomic mass is 10.0. The summed E-state index contributed by atoms with van der Waals surface area (Å²) in [5.41, 5.74) is 0.499. The van der Waals surface area contributed by atoms with Crippen molar-refractivity contribution in [3.05, 3.63) is 77.7 Å². The summed E-state index contributed by atoms with van der Waals surface area (Å²) in [6.07, 6.45) is 1.36. The van der Waals surface area contributed by atoms with Gasteiger partial charge in [0.1, 0.15) is 6.04 Å². The van der Waals surface area contributed by atoms with Gasteiger partial charge in [0.05, 0.1) is 21.9 Å². The second-order valence-electron chi connectivity index (χ2n) is 7.27. The molecule has 2 aromatic carbocycles. The van der Waals surface area contributed by atoms with E-state index in [9.17, 15) is 18.0 Å². The summed E-state index contributed by atoms with van der Waals surface area (Å²) in [7, 11) is -3.95. The van der Waals surface area contributed by atoms with E-state index in [1.54, 1.807) is 50.2 Å². The lowest BCUT2D eigenvalue weighted by molar-refractivity contribution is -0.118. The fourth-order valence-electron chi connectivity index (χ4n) is 2.86. The zero-order valence-corrected chi connectivity index (χ0v) is 18.9. The normalized spacial score (nSPS) is 12.2. The van der Waals surface area contributed by atoms with Gasteiger partial charge in [-0.05, 0) is 48.4 Å². The van der Waals surface area contributed by atoms with E-state index in [0.717, 1.165) is 0 Å². The summed E-state index contributed by atoms with van der Waals surface area (Å²) in [5, 5.41) is 5.55. The molecule has 0 bridgehead atoms. The zero-order valence-electron chi connectivity index (χ0n) is 17.3. The Hall–Kier alpha value is -3.30. The van der Waals surface area contributed by atoms with Crippen LogP contribution in [-0.2, 0) is 14.8 Å². The van der Waals surface area contributed by atoms with Crippen LogP contribution in [-0.4, -0.2) is 26.3 Å². The number of halogens is 1. The predicted octanol–water partition coefficient (Wildman–Crippen LogP) is 4.13. The van der Waals surface area contributed by atoms with Crippen LogP contribution in [0.4, 0.5) is 11.4 Å². The first-order chi connectivity index (χ1) is 15.2. The van der Waals surface area contributed by atoms with Gasteiger partial charge in [-0.25, -0.2) is 8.42 Å². The third-order valence-electron chi connectivity index (χ3n) is 4.51. The Labute approximate surface area is 191 Å². The van der Waals surface area contributed by atoms with Gasteiger partial charge < -0.3 is 15.1 Å². The van der Waals surface area contributed by atoms with E-state index in [4.69, 9.17) is 16.0 Å². The third-order valence-corrected chi connectivity index (χ3v) is 6.20. The third kappa shape index (κ3) is 5.68. The molecular weight excluding hydrogens is 454 g/mol. The van der Waals surface area contributed by atoms with Gasteiger partial charge in [-0.15, -0.1) is 0 Å². The number of hydrogen-bond acceptors (Lipinski definition) is 5. The minimum Gasteiger partial charge on any atom is -0.459 e. The van der Waals surface area contributed by atoms with Crippen molar-refractivity contribution in [1.29, 1.82) is 0 Å². The van der Waals surface area contributed by atoms with Gasteiger partial charge in [-0.3, -0.25) is 14.3 Å². The average Bonchev–Trinajstić information content (AvgIpc) is 3.28. The van der Waals surface area contributed by atoms with Crippen LogP contribution in [0, 0.1) is 5.92 Å². The minimum atomic E-state index is -3.95. The molecule has 3 aromatic rings. The van der Waals surface area contributed by atoms with Crippen molar-refractivity contribution in [3.63, 3.8) is 0 Å². The van der Waals surface area contributed by atoms with Gasteiger partial charge in [0.2, 0.25) is 5.91 Å². The molecule has 1 unspecified atom stereocenters. The first-order valence-corrected chi connectivity index (χ1v) is 11.6. The van der Waals surface area contributed by atoms with Crippen LogP contribution in [0.15, 0.2) is 76.2 Å². The highest BCUT2D eigenvalue weighted by molar-refractivity contribution is 7.92. The van der Waals surface area contributed by atoms with Crippen LogP contribution in [0.2, 0.25) is 5.02 Å². The Bertz CT molecular complexity index is 1210. The highest BCUT2D eigenvalue weighted by Crippen LogP contribution is 2.25. The number of carbonyl (C=O) groups is 2. The first-order valence-electron chi connectivity index (χ1n) is 9.70. The summed E-state index contributed by atoms with van der Waals surface area (Å²) < 4.78 is 33.0. The van der Waals surface area contributed by atoms with Crippen molar-refractivity contribution in [2.24, 2.45) is 5.92 Å². The fraction of sp³-hybridized carbons (Fsp3) is 0.182. The predicted molar refractivity (Wildman–Crippen MR) is 122 cm³/mol. The number of furan rings is 1. The van der Waals surface area contributed by atoms with Crippen LogP contribution >= 0.6 is 11.6 Å². The van der Waals surface area contributed by atoms with E-state index in [1.807, 2.05) is 0 Å². The van der Waals surface area contributed by atoms with Gasteiger partial charge in [0.15, 0.2) is 5.76 Å². The molecule has 0 saturated carbocycles. The van der Waals surface area contributed by atoms with E-state index in [0.29, 0.717) is 0 Å². The second kappa shape index (κ2) is 9.88. The molecule has 0 aliphatic carbocycles. The maximum atomic E-state index is 12.8. The number of benzene rings is 2. The molecule has 0 aliphatic heterocycles. The van der Waals surface area contributed by atoms with E-state index in [1.165, 1.54) is 30.5 Å². The van der Waals surface area contributed by atoms with Crippen molar-refractivity contribution in [3.8, 4) is 0 Å². The zero-order chi connectivity index (χ0) is 23.3. The largest absolute Gasteiger partial charge is 0.459 e. The second-order valence-corrected chi connectivity index (χ2v) is 9.36. The molecule has 0 radical (unpaired) electrons. The van der Waals surface area contributed by atoms with Crippen LogP contribution in [0.3, 0.4) is 0 Å². The summed E-state index contributed by atoms with van der Waals surface area (Å²) >= 11 is 6.04. The van der Waals surface area contributed by atoms with Gasteiger partial charge >= 0.3 is 0 Å². The van der Waals surface area contributed by atoms with Crippen molar-refractivity contribution in [1.82, 2.24) is 5.32 Å². The molecule has 0 fully saturated rings. The lowest BCUT2D eigenvalue weighted by Crippen LogP contribution is -2.47. The molecular formula is C22H22ClN3O5S. The van der Waals surface area contributed by atoms with Gasteiger partial charge in [-0.1, -0.05) is 43.6 Å². The summed E-state index contributed by atoms with van der Waals surface area (Å²) in [5.74, 6) is -1.16. The number of para-hydroxylation sites is 1. The Morgan fingerprint density at radius 2 is 1.75 bits per heavy atom. The van der Waals surface area contributed by atoms with E-state index in [2.05, 4.69) is 15.4 Å². The van der Waals surface area contributed by atoms with Gasteiger partial charge in [-0.2, -0.15) is 0 Å². The molecule has 168 valence electrons. The molecule has 2 amide bonds. The van der Waals surface area contributed by atoms with E-state index < -0.39 is 27.9 Å². The number of rotatable bonds is 8. The standard InChI is InChI=1S/C22H22ClN3O5S/c1-14(2)20(25-21(27)19-11-6-12-31-19)22(28)24-15-7-5-8-16(13-15)32(29,30)26-18-10-4-3-9-17(18)23/h3-14,20,26H,1-2H3,(H,24,28)(H,25,27). The van der Waals surface area contributed by atoms with Crippen molar-refractivity contribution >= 4 is 44.8 Å². The highest BCUT2D eigenvalue weighted by Gasteiger charge is 2.26. The topological polar surface area (TPSA) is 118 Å². The monoisotopic (exact) mass is 475 g/mol. The molecule has 32 heavy (non-hydrogen) atoms. The van der Waals surface area contributed by atoms with E-state index in [-0.39, 0.29) is 33.0 Å². The molecule has 1 atom stereocenters. The fourth-order valence-corrected chi connectivity index (χ4v) is 4.23. The van der Waals surface area contributed by atoms with Crippen LogP contribution < -0.4 is 15.4 Å². The summed E-state index contributed by atoms with van der Waals surface area (Å²) in [4.78, 5) is 25.0. The smallest absolute Gasteiger partial charge is 0.287 e. The molecule has 8 nitrogen and oxygen atoms in total. The van der Waals surface area contributed by atoms with Crippen LogP contribution in [0.1, 0.15) is 24.4 Å². The number of anilines is 2. The first kappa shape index (κ1) is 23.4. The maximum Gasteiger partial charge on any atom is 0.287 e. The summed E-state index contributed by atoms with van der Waals surface area (Å²) in [6, 6.07) is 14.4. The van der Waals surface area contributed by atoms with Gasteiger partial charge in [0.25, 0.3) is 15.9 Å². The van der Waals surface area contributed by atoms with E-state index >= 15 is 0 Å². The molecule has 3 rings (SSSR count). The number of amides is 2. The molecule has 1 aromatic heterocycles. The molecule has 0 aliphatic rings. The van der Waals surface area contributed by atoms with Crippen molar-refractivity contribution in [2.75, 3.05) is 10.0 Å². The Kier molecular flexibility index (Phi) is 7.22. The highest BCUT2D eigenvalue weighted by atomic mass is 35.5. The number of hydrogen-bond donors (Lipinski definition) is 3. The average molecular weight is 476 g/mol. The Morgan fingerprint density at radius 3 is 2.41 bits per heavy atom. The molecule has 0 saturated heterocycles. The molecule has 10 heteroatoms. The Morgan fingerprint density at radius 1 is 1.00 bits per heavy atom. The quantitative estimate of drug-likeness (QED) is 0.453. The van der Waals surface area contributed by atoms with Crippen LogP contribution in [0.5, 0.6) is 0 Å². The molecule has 1 heterocycles. The number of sulfonamides is 1. The van der Waals surface area contributed by atoms with Crippen LogP contribution in [0.25, 0.3) is 0 Å². The molecule has 0 spiro atoms. The number of carbonyl (C=O) groups excluding carboxylic acids is 2. The lowest BCUT2D eigenvalue weighted by Gasteiger charge is -2.21. The molecule has 3 N–H and O–H groups in total. The van der Waals surface area contributed by atoms with Crippen molar-refractivity contribution in [2.45, 2.75) is 24.8 Å². The SMILES string of the molecule is CC(C)C(NC(=O)c1ccco1)C(=O)Nc1cccc(S(=O)(=O)Nc2ccccc2Cl)c1. The summed E-state index contributed by atoms with van der Waals surface area (Å²) in [6.45, 7) is 3.56. The number of nitrogens with one attached hydrogen (secondary N) is 3. The Balaban J connectivity index is 1.75. The van der Waals surface area contributed by atoms with Gasteiger partial charge in [0, 0.05) is 5.69 Å². The van der Waals surface area contributed by atoms with Crippen molar-refractivity contribution < 1.29 is 22.4 Å². The maximum absolute atomic E-state index is 12.8. The minimum absolute atomic E-state index is 0.0593.